The number of hydrogen-bond acceptors (Lipinski definition) is 5. The first-order chi connectivity index (χ1) is 9.63. The van der Waals surface area contributed by atoms with Gasteiger partial charge in [-0.15, -0.1) is 0 Å². The zero-order valence-corrected chi connectivity index (χ0v) is 12.0. The number of nitrogens with zero attached hydrogens (tertiary/aromatic N) is 3. The second kappa shape index (κ2) is 6.22. The van der Waals surface area contributed by atoms with Crippen LogP contribution in [0.1, 0.15) is 18.1 Å². The maximum absolute atomic E-state index is 8.85. The minimum Gasteiger partial charge on any atom is -0.354 e. The lowest BCUT2D eigenvalue weighted by molar-refractivity contribution is 1.07. The molecule has 0 bridgehead atoms. The number of aryl methyl sites for hydroxylation is 1. The van der Waals surface area contributed by atoms with Crippen LogP contribution in [-0.4, -0.2) is 16.5 Å². The highest BCUT2D eigenvalue weighted by Crippen LogP contribution is 2.24. The topological polar surface area (TPSA) is 73.6 Å². The third-order valence-electron chi connectivity index (χ3n) is 2.66. The van der Waals surface area contributed by atoms with E-state index in [1.165, 1.54) is 0 Å². The van der Waals surface area contributed by atoms with E-state index >= 15 is 0 Å². The summed E-state index contributed by atoms with van der Waals surface area (Å²) in [5.41, 5.74) is 2.15. The number of benzene rings is 1. The predicted octanol–water partition coefficient (Wildman–Crippen LogP) is 3.49. The van der Waals surface area contributed by atoms with Crippen LogP contribution in [0.5, 0.6) is 0 Å². The van der Waals surface area contributed by atoms with Gasteiger partial charge >= 0.3 is 0 Å². The summed E-state index contributed by atoms with van der Waals surface area (Å²) in [6, 6.07) is 7.19. The van der Waals surface area contributed by atoms with E-state index in [0.29, 0.717) is 22.4 Å². The van der Waals surface area contributed by atoms with Crippen LogP contribution in [0.3, 0.4) is 0 Å². The summed E-state index contributed by atoms with van der Waals surface area (Å²) in [6.45, 7) is 4.66. The van der Waals surface area contributed by atoms with Crippen LogP contribution < -0.4 is 10.6 Å². The molecular formula is C14H14ClN5. The summed E-state index contributed by atoms with van der Waals surface area (Å²) in [6.07, 6.45) is 1.75. The molecule has 0 unspecified atom stereocenters. The van der Waals surface area contributed by atoms with Crippen LogP contribution in [0.15, 0.2) is 24.4 Å². The summed E-state index contributed by atoms with van der Waals surface area (Å²) >= 11 is 6.01. The highest BCUT2D eigenvalue weighted by Gasteiger charge is 2.06. The van der Waals surface area contributed by atoms with Crippen LogP contribution in [0, 0.1) is 18.3 Å². The molecule has 0 saturated carbocycles. The number of nitriles is 1. The fourth-order valence-corrected chi connectivity index (χ4v) is 1.85. The third kappa shape index (κ3) is 3.16. The largest absolute Gasteiger partial charge is 0.354 e. The zero-order chi connectivity index (χ0) is 14.5. The zero-order valence-electron chi connectivity index (χ0n) is 11.2. The monoisotopic (exact) mass is 287 g/mol. The van der Waals surface area contributed by atoms with E-state index in [9.17, 15) is 0 Å². The van der Waals surface area contributed by atoms with Gasteiger partial charge in [-0.1, -0.05) is 11.6 Å². The van der Waals surface area contributed by atoms with Gasteiger partial charge in [0.2, 0.25) is 5.95 Å². The smallest absolute Gasteiger partial charge is 0.224 e. The maximum Gasteiger partial charge on any atom is 0.224 e. The van der Waals surface area contributed by atoms with E-state index in [1.54, 1.807) is 24.4 Å². The Bertz CT molecular complexity index is 663. The molecule has 2 rings (SSSR count). The molecule has 5 nitrogen and oxygen atoms in total. The Balaban J connectivity index is 2.27. The summed E-state index contributed by atoms with van der Waals surface area (Å²) < 4.78 is 0. The van der Waals surface area contributed by atoms with Crippen molar-refractivity contribution in [2.45, 2.75) is 13.8 Å². The van der Waals surface area contributed by atoms with Crippen LogP contribution in [0.25, 0.3) is 0 Å². The molecular weight excluding hydrogens is 274 g/mol. The highest BCUT2D eigenvalue weighted by molar-refractivity contribution is 6.32. The molecule has 6 heteroatoms. The first-order valence-electron chi connectivity index (χ1n) is 6.18. The SMILES string of the molecule is CCNc1ncc(C)c(Nc2ccc(C#N)c(Cl)c2)n1. The van der Waals surface area contributed by atoms with Crippen molar-refractivity contribution >= 4 is 29.1 Å². The molecule has 0 aliphatic carbocycles. The molecule has 1 heterocycles. The Morgan fingerprint density at radius 1 is 1.40 bits per heavy atom. The molecule has 0 aliphatic heterocycles. The Morgan fingerprint density at radius 3 is 2.85 bits per heavy atom. The lowest BCUT2D eigenvalue weighted by atomic mass is 10.2. The van der Waals surface area contributed by atoms with Crippen LogP contribution in [0.4, 0.5) is 17.5 Å². The van der Waals surface area contributed by atoms with Gasteiger partial charge in [-0.05, 0) is 32.0 Å². The molecule has 1 aromatic heterocycles. The summed E-state index contributed by atoms with van der Waals surface area (Å²) in [5.74, 6) is 1.28. The molecule has 0 radical (unpaired) electrons. The molecule has 20 heavy (non-hydrogen) atoms. The van der Waals surface area contributed by atoms with E-state index in [-0.39, 0.29) is 0 Å². The first kappa shape index (κ1) is 14.1. The van der Waals surface area contributed by atoms with Crippen LogP contribution >= 0.6 is 11.6 Å². The van der Waals surface area contributed by atoms with E-state index in [0.717, 1.165) is 17.8 Å². The Labute approximate surface area is 122 Å². The summed E-state index contributed by atoms with van der Waals surface area (Å²) in [5, 5.41) is 15.5. The van der Waals surface area contributed by atoms with E-state index in [2.05, 4.69) is 20.6 Å². The second-order valence-corrected chi connectivity index (χ2v) is 4.59. The minimum atomic E-state index is 0.413. The maximum atomic E-state index is 8.85. The van der Waals surface area contributed by atoms with Crippen molar-refractivity contribution in [1.82, 2.24) is 9.97 Å². The molecule has 0 fully saturated rings. The molecule has 0 saturated heterocycles. The minimum absolute atomic E-state index is 0.413. The van der Waals surface area contributed by atoms with Crippen LogP contribution in [-0.2, 0) is 0 Å². The molecule has 1 aromatic carbocycles. The van der Waals surface area contributed by atoms with Gasteiger partial charge in [-0.2, -0.15) is 10.2 Å². The average Bonchev–Trinajstić information content (AvgIpc) is 2.43. The third-order valence-corrected chi connectivity index (χ3v) is 2.97. The van der Waals surface area contributed by atoms with Crippen molar-refractivity contribution in [1.29, 1.82) is 5.26 Å². The van der Waals surface area contributed by atoms with Crippen molar-refractivity contribution in [3.05, 3.63) is 40.5 Å². The number of halogens is 1. The Morgan fingerprint density at radius 2 is 2.20 bits per heavy atom. The molecule has 2 N–H and O–H groups in total. The van der Waals surface area contributed by atoms with Crippen molar-refractivity contribution in [2.24, 2.45) is 0 Å². The van der Waals surface area contributed by atoms with Gasteiger partial charge in [0.25, 0.3) is 0 Å². The standard InChI is InChI=1S/C14H14ClN5/c1-3-17-14-18-8-9(2)13(20-14)19-11-5-4-10(7-16)12(15)6-11/h4-6,8H,3H2,1-2H3,(H2,17,18,19,20). The van der Waals surface area contributed by atoms with Crippen molar-refractivity contribution in [3.63, 3.8) is 0 Å². The van der Waals surface area contributed by atoms with Gasteiger partial charge < -0.3 is 10.6 Å². The number of hydrogen-bond donors (Lipinski definition) is 2. The Hall–Kier alpha value is -2.32. The van der Waals surface area contributed by atoms with Gasteiger partial charge in [0.1, 0.15) is 11.9 Å². The number of rotatable bonds is 4. The second-order valence-electron chi connectivity index (χ2n) is 4.19. The lowest BCUT2D eigenvalue weighted by Gasteiger charge is -2.10. The molecule has 0 amide bonds. The average molecular weight is 288 g/mol. The van der Waals surface area contributed by atoms with Crippen molar-refractivity contribution < 1.29 is 0 Å². The van der Waals surface area contributed by atoms with E-state index in [4.69, 9.17) is 16.9 Å². The van der Waals surface area contributed by atoms with Crippen LogP contribution in [0.2, 0.25) is 5.02 Å². The highest BCUT2D eigenvalue weighted by atomic mass is 35.5. The molecule has 0 spiro atoms. The van der Waals surface area contributed by atoms with E-state index in [1.807, 2.05) is 19.9 Å². The lowest BCUT2D eigenvalue weighted by Crippen LogP contribution is -2.05. The normalized spacial score (nSPS) is 9.90. The predicted molar refractivity (Wildman–Crippen MR) is 80.4 cm³/mol. The molecule has 102 valence electrons. The number of nitrogens with one attached hydrogen (secondary N) is 2. The first-order valence-corrected chi connectivity index (χ1v) is 6.56. The van der Waals surface area contributed by atoms with Gasteiger partial charge in [0, 0.05) is 24.0 Å². The Kier molecular flexibility index (Phi) is 4.38. The fraction of sp³-hybridized carbons (Fsp3) is 0.214. The van der Waals surface area contributed by atoms with Crippen molar-refractivity contribution in [3.8, 4) is 6.07 Å². The van der Waals surface area contributed by atoms with Gasteiger partial charge in [0.05, 0.1) is 10.6 Å². The van der Waals surface area contributed by atoms with Gasteiger partial charge in [-0.3, -0.25) is 0 Å². The number of anilines is 3. The molecule has 2 aromatic rings. The number of aromatic nitrogens is 2. The van der Waals surface area contributed by atoms with Gasteiger partial charge in [0.15, 0.2) is 0 Å². The van der Waals surface area contributed by atoms with Crippen molar-refractivity contribution in [2.75, 3.05) is 17.2 Å². The molecule has 0 atom stereocenters. The molecule has 0 aliphatic rings. The summed E-state index contributed by atoms with van der Waals surface area (Å²) in [4.78, 5) is 8.57. The van der Waals surface area contributed by atoms with Gasteiger partial charge in [-0.25, -0.2) is 4.98 Å². The quantitative estimate of drug-likeness (QED) is 0.900. The van der Waals surface area contributed by atoms with E-state index < -0.39 is 0 Å². The summed E-state index contributed by atoms with van der Waals surface area (Å²) in [7, 11) is 0. The fourth-order valence-electron chi connectivity index (χ4n) is 1.63.